The molecule has 0 spiro atoms. The van der Waals surface area contributed by atoms with Crippen LogP contribution in [-0.4, -0.2) is 67.6 Å². The van der Waals surface area contributed by atoms with E-state index >= 15 is 0 Å². The second kappa shape index (κ2) is 8.97. The van der Waals surface area contributed by atoms with E-state index < -0.39 is 9.84 Å². The van der Waals surface area contributed by atoms with E-state index in [-0.39, 0.29) is 29.5 Å². The van der Waals surface area contributed by atoms with Crippen LogP contribution < -0.4 is 0 Å². The Kier molecular flexibility index (Phi) is 6.87. The van der Waals surface area contributed by atoms with Gasteiger partial charge in [0.05, 0.1) is 18.1 Å². The predicted molar refractivity (Wildman–Crippen MR) is 111 cm³/mol. The Morgan fingerprint density at radius 3 is 2.33 bits per heavy atom. The van der Waals surface area contributed by atoms with Crippen molar-refractivity contribution in [1.29, 1.82) is 0 Å². The standard InChI is InChI=1S/C20H30N2O3S2/c1-21(13-16-7-9-19(26-2)10-8-16)14-20(23)22(17-5-3-4-6-17)18-11-12-27(24,25)15-18/h7-10,17-18H,3-6,11-15H2,1-2H3/t18-/m0/s1. The van der Waals surface area contributed by atoms with Gasteiger partial charge in [0, 0.05) is 23.5 Å². The summed E-state index contributed by atoms with van der Waals surface area (Å²) < 4.78 is 23.9. The highest BCUT2D eigenvalue weighted by molar-refractivity contribution is 7.98. The Balaban J connectivity index is 1.64. The highest BCUT2D eigenvalue weighted by Gasteiger charge is 2.39. The zero-order valence-electron chi connectivity index (χ0n) is 16.3. The topological polar surface area (TPSA) is 57.7 Å². The number of carbonyl (C=O) groups excluding carboxylic acids is 1. The number of sulfone groups is 1. The van der Waals surface area contributed by atoms with Gasteiger partial charge in [-0.05, 0) is 50.3 Å². The van der Waals surface area contributed by atoms with Gasteiger partial charge in [0.25, 0.3) is 0 Å². The molecule has 0 unspecified atom stereocenters. The monoisotopic (exact) mass is 410 g/mol. The van der Waals surface area contributed by atoms with E-state index in [9.17, 15) is 13.2 Å². The van der Waals surface area contributed by atoms with E-state index in [1.54, 1.807) is 11.8 Å². The molecule has 1 saturated carbocycles. The quantitative estimate of drug-likeness (QED) is 0.647. The van der Waals surface area contributed by atoms with Crippen LogP contribution in [0.3, 0.4) is 0 Å². The normalized spacial score (nSPS) is 22.4. The number of nitrogens with zero attached hydrogens (tertiary/aromatic N) is 2. The summed E-state index contributed by atoms with van der Waals surface area (Å²) in [5.74, 6) is 0.424. The highest BCUT2D eigenvalue weighted by Crippen LogP contribution is 2.29. The first kappa shape index (κ1) is 20.7. The maximum Gasteiger partial charge on any atom is 0.237 e. The summed E-state index contributed by atoms with van der Waals surface area (Å²) in [5.41, 5.74) is 1.18. The lowest BCUT2D eigenvalue weighted by Crippen LogP contribution is -2.50. The van der Waals surface area contributed by atoms with Gasteiger partial charge in [-0.15, -0.1) is 11.8 Å². The number of hydrogen-bond acceptors (Lipinski definition) is 5. The Hall–Kier alpha value is -1.05. The molecule has 1 aliphatic heterocycles. The molecule has 1 saturated heterocycles. The van der Waals surface area contributed by atoms with E-state index in [1.165, 1.54) is 10.5 Å². The first-order chi connectivity index (χ1) is 12.9. The Morgan fingerprint density at radius 1 is 1.11 bits per heavy atom. The number of carbonyl (C=O) groups is 1. The molecule has 1 aromatic rings. The van der Waals surface area contributed by atoms with Crippen molar-refractivity contribution >= 4 is 27.5 Å². The van der Waals surface area contributed by atoms with Crippen molar-refractivity contribution in [3.63, 3.8) is 0 Å². The minimum atomic E-state index is -3.00. The van der Waals surface area contributed by atoms with Gasteiger partial charge in [-0.1, -0.05) is 25.0 Å². The van der Waals surface area contributed by atoms with Gasteiger partial charge in [-0.2, -0.15) is 0 Å². The van der Waals surface area contributed by atoms with E-state index in [0.29, 0.717) is 19.5 Å². The van der Waals surface area contributed by atoms with Crippen LogP contribution in [0, 0.1) is 0 Å². The second-order valence-electron chi connectivity index (χ2n) is 7.82. The molecular weight excluding hydrogens is 380 g/mol. The SMILES string of the molecule is CSc1ccc(CN(C)CC(=O)N(C2CCCC2)[C@H]2CCS(=O)(=O)C2)cc1. The molecule has 3 rings (SSSR count). The molecule has 1 aromatic carbocycles. The predicted octanol–water partition coefficient (Wildman–Crippen LogP) is 2.80. The first-order valence-electron chi connectivity index (χ1n) is 9.71. The fraction of sp³-hybridized carbons (Fsp3) is 0.650. The Morgan fingerprint density at radius 2 is 1.78 bits per heavy atom. The van der Waals surface area contributed by atoms with Gasteiger partial charge >= 0.3 is 0 Å². The van der Waals surface area contributed by atoms with Crippen molar-refractivity contribution < 1.29 is 13.2 Å². The fourth-order valence-corrected chi connectivity index (χ4v) is 6.41. The summed E-state index contributed by atoms with van der Waals surface area (Å²) in [7, 11) is -1.04. The molecule has 0 radical (unpaired) electrons. The molecule has 27 heavy (non-hydrogen) atoms. The van der Waals surface area contributed by atoms with Crippen molar-refractivity contribution in [2.24, 2.45) is 0 Å². The van der Waals surface area contributed by atoms with E-state index in [1.807, 2.05) is 16.8 Å². The summed E-state index contributed by atoms with van der Waals surface area (Å²) in [6.07, 6.45) is 6.91. The van der Waals surface area contributed by atoms with Crippen LogP contribution in [0.1, 0.15) is 37.7 Å². The van der Waals surface area contributed by atoms with Crippen LogP contribution in [0.15, 0.2) is 29.2 Å². The van der Waals surface area contributed by atoms with Crippen LogP contribution in [0.25, 0.3) is 0 Å². The van der Waals surface area contributed by atoms with Crippen LogP contribution >= 0.6 is 11.8 Å². The largest absolute Gasteiger partial charge is 0.335 e. The van der Waals surface area contributed by atoms with Crippen molar-refractivity contribution in [1.82, 2.24) is 9.80 Å². The molecule has 5 nitrogen and oxygen atoms in total. The van der Waals surface area contributed by atoms with E-state index in [4.69, 9.17) is 0 Å². The average molecular weight is 411 g/mol. The Labute approximate surface area is 167 Å². The minimum Gasteiger partial charge on any atom is -0.335 e. The molecule has 1 heterocycles. The molecule has 0 aromatic heterocycles. The molecule has 1 amide bonds. The number of hydrogen-bond donors (Lipinski definition) is 0. The van der Waals surface area contributed by atoms with Gasteiger partial charge in [-0.3, -0.25) is 9.69 Å². The second-order valence-corrected chi connectivity index (χ2v) is 10.9. The van der Waals surface area contributed by atoms with Gasteiger partial charge in [0.2, 0.25) is 5.91 Å². The third kappa shape index (κ3) is 5.48. The number of benzene rings is 1. The maximum atomic E-state index is 13.1. The smallest absolute Gasteiger partial charge is 0.237 e. The summed E-state index contributed by atoms with van der Waals surface area (Å²) in [5, 5.41) is 0. The lowest BCUT2D eigenvalue weighted by atomic mass is 10.1. The van der Waals surface area contributed by atoms with Gasteiger partial charge in [0.15, 0.2) is 9.84 Å². The Bertz CT molecular complexity index is 743. The number of likely N-dealkylation sites (N-methyl/N-ethyl adjacent to an activating group) is 1. The first-order valence-corrected chi connectivity index (χ1v) is 12.8. The van der Waals surface area contributed by atoms with Crippen molar-refractivity contribution in [3.8, 4) is 0 Å². The number of thioether (sulfide) groups is 1. The van der Waals surface area contributed by atoms with Gasteiger partial charge in [0.1, 0.15) is 0 Å². The van der Waals surface area contributed by atoms with Gasteiger partial charge in [-0.25, -0.2) is 8.42 Å². The fourth-order valence-electron chi connectivity index (χ4n) is 4.29. The van der Waals surface area contributed by atoms with Gasteiger partial charge < -0.3 is 4.90 Å². The maximum absolute atomic E-state index is 13.1. The number of rotatable bonds is 7. The van der Waals surface area contributed by atoms with E-state index in [0.717, 1.165) is 25.7 Å². The third-order valence-electron chi connectivity index (χ3n) is 5.62. The summed E-state index contributed by atoms with van der Waals surface area (Å²) in [6, 6.07) is 8.48. The summed E-state index contributed by atoms with van der Waals surface area (Å²) in [4.78, 5) is 18.3. The summed E-state index contributed by atoms with van der Waals surface area (Å²) >= 11 is 1.72. The molecule has 0 N–H and O–H groups in total. The van der Waals surface area contributed by atoms with E-state index in [2.05, 4.69) is 30.5 Å². The van der Waals surface area contributed by atoms with Crippen molar-refractivity contribution in [3.05, 3.63) is 29.8 Å². The molecule has 0 bridgehead atoms. The molecule has 150 valence electrons. The molecule has 1 aliphatic carbocycles. The van der Waals surface area contributed by atoms with Crippen molar-refractivity contribution in [2.75, 3.05) is 31.4 Å². The lowest BCUT2D eigenvalue weighted by Gasteiger charge is -2.35. The minimum absolute atomic E-state index is 0.0761. The molecular formula is C20H30N2O3S2. The molecule has 2 fully saturated rings. The van der Waals surface area contributed by atoms with Crippen LogP contribution in [0.4, 0.5) is 0 Å². The third-order valence-corrected chi connectivity index (χ3v) is 8.12. The highest BCUT2D eigenvalue weighted by atomic mass is 32.2. The van der Waals surface area contributed by atoms with Crippen LogP contribution in [0.2, 0.25) is 0 Å². The van der Waals surface area contributed by atoms with Crippen LogP contribution in [0.5, 0.6) is 0 Å². The number of amides is 1. The lowest BCUT2D eigenvalue weighted by molar-refractivity contribution is -0.136. The zero-order valence-corrected chi connectivity index (χ0v) is 17.9. The molecule has 2 aliphatic rings. The van der Waals surface area contributed by atoms with Crippen molar-refractivity contribution in [2.45, 2.75) is 55.6 Å². The summed E-state index contributed by atoms with van der Waals surface area (Å²) in [6.45, 7) is 1.04. The molecule has 1 atom stereocenters. The molecule has 7 heteroatoms. The zero-order chi connectivity index (χ0) is 19.4. The average Bonchev–Trinajstić information content (AvgIpc) is 3.26. The van der Waals surface area contributed by atoms with Crippen LogP contribution in [-0.2, 0) is 21.2 Å².